The Bertz CT molecular complexity index is 856. The molecule has 1 aromatic heterocycles. The van der Waals surface area contributed by atoms with Gasteiger partial charge in [0.15, 0.2) is 0 Å². The molecule has 7 nitrogen and oxygen atoms in total. The number of rotatable bonds is 3. The second-order valence-electron chi connectivity index (χ2n) is 4.83. The summed E-state index contributed by atoms with van der Waals surface area (Å²) in [7, 11) is 0. The van der Waals surface area contributed by atoms with E-state index in [2.05, 4.69) is 26.2 Å². The highest BCUT2D eigenvalue weighted by atomic mass is 79.9. The van der Waals surface area contributed by atoms with Crippen molar-refractivity contribution in [3.8, 4) is 5.75 Å². The molecule has 0 saturated heterocycles. The normalized spacial score (nSPS) is 12.6. The van der Waals surface area contributed by atoms with Gasteiger partial charge in [-0.15, -0.1) is 0 Å². The van der Waals surface area contributed by atoms with E-state index in [4.69, 9.17) is 4.74 Å². The molecule has 0 spiro atoms. The molecule has 0 bridgehead atoms. The van der Waals surface area contributed by atoms with Crippen molar-refractivity contribution in [1.82, 2.24) is 9.55 Å². The molecule has 0 atom stereocenters. The molecule has 3 rings (SSSR count). The number of nitrogens with zero attached hydrogens (tertiary/aromatic N) is 1. The van der Waals surface area contributed by atoms with Crippen molar-refractivity contribution in [2.75, 3.05) is 11.9 Å². The lowest BCUT2D eigenvalue weighted by atomic mass is 10.1. The maximum atomic E-state index is 12.0. The van der Waals surface area contributed by atoms with Gasteiger partial charge in [0.25, 0.3) is 5.56 Å². The number of aromatic nitrogens is 2. The number of hydrogen-bond donors (Lipinski definition) is 2. The number of nitrogens with one attached hydrogen (secondary N) is 2. The second-order valence-corrected chi connectivity index (χ2v) is 5.69. The Balaban J connectivity index is 1.74. The summed E-state index contributed by atoms with van der Waals surface area (Å²) in [6.07, 6.45) is 2.10. The molecule has 0 fully saturated rings. The highest BCUT2D eigenvalue weighted by molar-refractivity contribution is 9.10. The van der Waals surface area contributed by atoms with Crippen molar-refractivity contribution in [3.05, 3.63) is 55.3 Å². The number of carbonyl (C=O) groups excluding carboxylic acids is 1. The summed E-state index contributed by atoms with van der Waals surface area (Å²) >= 11 is 3.02. The Morgan fingerprint density at radius 3 is 3.05 bits per heavy atom. The average molecular weight is 366 g/mol. The first-order chi connectivity index (χ1) is 10.5. The molecule has 0 unspecified atom stereocenters. The highest BCUT2D eigenvalue weighted by Gasteiger charge is 2.13. The minimum absolute atomic E-state index is 0.189. The Labute approximate surface area is 133 Å². The van der Waals surface area contributed by atoms with E-state index >= 15 is 0 Å². The average Bonchev–Trinajstić information content (AvgIpc) is 2.92. The predicted molar refractivity (Wildman–Crippen MR) is 83.3 cm³/mol. The molecule has 1 aliphatic rings. The van der Waals surface area contributed by atoms with Gasteiger partial charge in [-0.2, -0.15) is 0 Å². The van der Waals surface area contributed by atoms with Gasteiger partial charge >= 0.3 is 5.69 Å². The van der Waals surface area contributed by atoms with E-state index in [9.17, 15) is 14.4 Å². The first-order valence-corrected chi connectivity index (χ1v) is 7.37. The Morgan fingerprint density at radius 1 is 1.41 bits per heavy atom. The predicted octanol–water partition coefficient (Wildman–Crippen LogP) is 0.873. The van der Waals surface area contributed by atoms with Crippen LogP contribution in [0.3, 0.4) is 0 Å². The van der Waals surface area contributed by atoms with Crippen LogP contribution in [0.15, 0.2) is 38.5 Å². The van der Waals surface area contributed by atoms with Gasteiger partial charge in [0.05, 0.1) is 11.1 Å². The number of halogens is 1. The molecule has 114 valence electrons. The van der Waals surface area contributed by atoms with Crippen LogP contribution in [0.1, 0.15) is 5.56 Å². The number of H-pyrrole nitrogens is 1. The van der Waals surface area contributed by atoms with Crippen LogP contribution in [0.25, 0.3) is 0 Å². The number of benzene rings is 1. The van der Waals surface area contributed by atoms with E-state index in [1.165, 1.54) is 6.20 Å². The smallest absolute Gasteiger partial charge is 0.328 e. The van der Waals surface area contributed by atoms with Crippen molar-refractivity contribution < 1.29 is 9.53 Å². The summed E-state index contributed by atoms with van der Waals surface area (Å²) in [5.74, 6) is 0.471. The monoisotopic (exact) mass is 365 g/mol. The lowest BCUT2D eigenvalue weighted by Crippen LogP contribution is -2.33. The molecule has 0 radical (unpaired) electrons. The van der Waals surface area contributed by atoms with E-state index < -0.39 is 11.2 Å². The van der Waals surface area contributed by atoms with Crippen LogP contribution in [0.5, 0.6) is 5.75 Å². The number of amides is 1. The summed E-state index contributed by atoms with van der Waals surface area (Å²) < 4.78 is 6.71. The van der Waals surface area contributed by atoms with Crippen molar-refractivity contribution in [3.63, 3.8) is 0 Å². The summed E-state index contributed by atoms with van der Waals surface area (Å²) in [5, 5.41) is 2.72. The highest BCUT2D eigenvalue weighted by Crippen LogP contribution is 2.27. The number of carbonyl (C=O) groups is 1. The van der Waals surface area contributed by atoms with Gasteiger partial charge < -0.3 is 10.1 Å². The molecular weight excluding hydrogens is 354 g/mol. The van der Waals surface area contributed by atoms with Gasteiger partial charge in [0.1, 0.15) is 12.3 Å². The van der Waals surface area contributed by atoms with Crippen LogP contribution in [-0.4, -0.2) is 22.1 Å². The molecule has 0 aliphatic carbocycles. The molecule has 2 aromatic rings. The van der Waals surface area contributed by atoms with E-state index in [1.54, 1.807) is 12.1 Å². The number of aromatic amines is 1. The van der Waals surface area contributed by atoms with Gasteiger partial charge in [-0.1, -0.05) is 0 Å². The van der Waals surface area contributed by atoms with Crippen molar-refractivity contribution in [1.29, 1.82) is 0 Å². The summed E-state index contributed by atoms with van der Waals surface area (Å²) in [5.41, 5.74) is 0.526. The van der Waals surface area contributed by atoms with Crippen LogP contribution >= 0.6 is 15.9 Å². The van der Waals surface area contributed by atoms with Gasteiger partial charge in [-0.3, -0.25) is 19.1 Å². The maximum Gasteiger partial charge on any atom is 0.328 e. The van der Waals surface area contributed by atoms with Gasteiger partial charge in [0.2, 0.25) is 5.91 Å². The lowest BCUT2D eigenvalue weighted by Gasteiger charge is -2.08. The number of hydrogen-bond acceptors (Lipinski definition) is 4. The van der Waals surface area contributed by atoms with E-state index in [0.717, 1.165) is 22.3 Å². The summed E-state index contributed by atoms with van der Waals surface area (Å²) in [4.78, 5) is 37.0. The van der Waals surface area contributed by atoms with Gasteiger partial charge in [-0.25, -0.2) is 4.79 Å². The molecule has 22 heavy (non-hydrogen) atoms. The molecule has 2 heterocycles. The van der Waals surface area contributed by atoms with Crippen LogP contribution in [0, 0.1) is 0 Å². The van der Waals surface area contributed by atoms with E-state index in [1.807, 2.05) is 6.07 Å². The van der Waals surface area contributed by atoms with Crippen LogP contribution in [-0.2, 0) is 17.8 Å². The fourth-order valence-corrected chi connectivity index (χ4v) is 2.57. The third-order valence-electron chi connectivity index (χ3n) is 3.25. The van der Waals surface area contributed by atoms with E-state index in [-0.39, 0.29) is 16.9 Å². The lowest BCUT2D eigenvalue weighted by molar-refractivity contribution is -0.116. The standard InChI is InChI=1S/C14H12BrN3O4/c15-10-6-18(14(21)17-13(10)20)7-12(19)16-9-1-2-11-8(5-9)3-4-22-11/h1-2,5-6H,3-4,7H2,(H,16,19)(H,17,20,21). The Hall–Kier alpha value is -2.35. The number of ether oxygens (including phenoxy) is 1. The van der Waals surface area contributed by atoms with Gasteiger partial charge in [0, 0.05) is 18.3 Å². The molecular formula is C14H12BrN3O4. The van der Waals surface area contributed by atoms with Crippen LogP contribution in [0.2, 0.25) is 0 Å². The first-order valence-electron chi connectivity index (χ1n) is 6.58. The number of anilines is 1. The minimum atomic E-state index is -0.634. The quantitative estimate of drug-likeness (QED) is 0.843. The van der Waals surface area contributed by atoms with Crippen molar-refractivity contribution in [2.45, 2.75) is 13.0 Å². The third kappa shape index (κ3) is 2.96. The minimum Gasteiger partial charge on any atom is -0.493 e. The third-order valence-corrected chi connectivity index (χ3v) is 3.82. The largest absolute Gasteiger partial charge is 0.493 e. The SMILES string of the molecule is O=C(Cn1cc(Br)c(=O)[nH]c1=O)Nc1ccc2c(c1)CCO2. The fourth-order valence-electron chi connectivity index (χ4n) is 2.22. The summed E-state index contributed by atoms with van der Waals surface area (Å²) in [6, 6.07) is 5.40. The maximum absolute atomic E-state index is 12.0. The second kappa shape index (κ2) is 5.80. The Kier molecular flexibility index (Phi) is 3.84. The molecule has 1 amide bonds. The Morgan fingerprint density at radius 2 is 2.23 bits per heavy atom. The van der Waals surface area contributed by atoms with Crippen molar-refractivity contribution in [2.24, 2.45) is 0 Å². The molecule has 1 aromatic carbocycles. The molecule has 2 N–H and O–H groups in total. The zero-order chi connectivity index (χ0) is 15.7. The van der Waals surface area contributed by atoms with E-state index in [0.29, 0.717) is 12.3 Å². The molecule has 1 aliphatic heterocycles. The number of fused-ring (bicyclic) bond motifs is 1. The van der Waals surface area contributed by atoms with Crippen LogP contribution in [0.4, 0.5) is 5.69 Å². The fraction of sp³-hybridized carbons (Fsp3) is 0.214. The zero-order valence-corrected chi connectivity index (χ0v) is 13.0. The van der Waals surface area contributed by atoms with Crippen LogP contribution < -0.4 is 21.3 Å². The van der Waals surface area contributed by atoms with Crippen molar-refractivity contribution >= 4 is 27.5 Å². The topological polar surface area (TPSA) is 93.2 Å². The molecule has 0 saturated carbocycles. The molecule has 8 heteroatoms. The first kappa shape index (κ1) is 14.6. The summed E-state index contributed by atoms with van der Waals surface area (Å²) in [6.45, 7) is 0.454. The zero-order valence-electron chi connectivity index (χ0n) is 11.4. The van der Waals surface area contributed by atoms with Gasteiger partial charge in [-0.05, 0) is 39.7 Å².